The Labute approximate surface area is 594 Å². The molecule has 0 amide bonds. The Morgan fingerprint density at radius 2 is 0.474 bits per heavy atom. The van der Waals surface area contributed by atoms with E-state index in [1.807, 2.05) is 0 Å². The van der Waals surface area contributed by atoms with Gasteiger partial charge in [-0.15, -0.1) is 0 Å². The molecule has 0 aromatic rings. The molecule has 0 radical (unpaired) electrons. The van der Waals surface area contributed by atoms with Crippen LogP contribution in [0.15, 0.2) is 0 Å². The van der Waals surface area contributed by atoms with Crippen molar-refractivity contribution in [1.29, 1.82) is 0 Å². The minimum Gasteiger partial charge on any atom is -0.462 e. The van der Waals surface area contributed by atoms with Gasteiger partial charge in [-0.3, -0.25) is 37.3 Å². The van der Waals surface area contributed by atoms with Gasteiger partial charge in [0.05, 0.1) is 26.4 Å². The third-order valence-corrected chi connectivity index (χ3v) is 20.0. The summed E-state index contributed by atoms with van der Waals surface area (Å²) in [6, 6.07) is 0. The van der Waals surface area contributed by atoms with Crippen molar-refractivity contribution in [2.24, 2.45) is 17.8 Å². The van der Waals surface area contributed by atoms with Gasteiger partial charge in [-0.05, 0) is 43.4 Å². The number of phosphoric acid groups is 2. The maximum absolute atomic E-state index is 13.1. The van der Waals surface area contributed by atoms with Crippen LogP contribution in [0.3, 0.4) is 0 Å². The van der Waals surface area contributed by atoms with Crippen LogP contribution in [0, 0.1) is 17.8 Å². The number of esters is 4. The van der Waals surface area contributed by atoms with Gasteiger partial charge < -0.3 is 33.8 Å². The maximum atomic E-state index is 13.1. The molecular formula is C78H152O17P2. The molecule has 0 rings (SSSR count). The molecule has 0 fully saturated rings. The van der Waals surface area contributed by atoms with E-state index in [9.17, 15) is 43.2 Å². The summed E-state index contributed by atoms with van der Waals surface area (Å²) in [4.78, 5) is 72.7. The Kier molecular flexibility index (Phi) is 67.1. The molecule has 19 heteroatoms. The summed E-state index contributed by atoms with van der Waals surface area (Å²) in [6.45, 7) is 11.9. The lowest BCUT2D eigenvalue weighted by atomic mass is 10.0. The van der Waals surface area contributed by atoms with Gasteiger partial charge >= 0.3 is 39.5 Å². The Balaban J connectivity index is 5.17. The van der Waals surface area contributed by atoms with E-state index in [0.717, 1.165) is 108 Å². The molecule has 5 atom stereocenters. The van der Waals surface area contributed by atoms with Gasteiger partial charge in [0.15, 0.2) is 12.2 Å². The van der Waals surface area contributed by atoms with Crippen molar-refractivity contribution >= 4 is 39.5 Å². The SMILES string of the molecule is CCCCCCCCCCC(=O)OC[C@H](COP(=O)(O)OC[C@H](O)COP(=O)(O)OC[C@@H](COC(=O)CCCCCCCCCCCCCCCCCC(C)C)OC(=O)CCCCCCCCCCCCCCCCCCCCC(C)C)OC(=O)CCCCCCCCCC(C)C. The molecule has 97 heavy (non-hydrogen) atoms. The van der Waals surface area contributed by atoms with Crippen molar-refractivity contribution in [2.45, 2.75) is 420 Å². The van der Waals surface area contributed by atoms with E-state index in [4.69, 9.17) is 37.0 Å². The fourth-order valence-corrected chi connectivity index (χ4v) is 13.5. The van der Waals surface area contributed by atoms with Crippen molar-refractivity contribution in [3.63, 3.8) is 0 Å². The fraction of sp³-hybridized carbons (Fsp3) is 0.949. The second-order valence-corrected chi connectivity index (χ2v) is 32.4. The zero-order valence-electron chi connectivity index (χ0n) is 63.5. The summed E-state index contributed by atoms with van der Waals surface area (Å²) in [5, 5.41) is 10.6. The predicted octanol–water partition coefficient (Wildman–Crippen LogP) is 23.0. The van der Waals surface area contributed by atoms with Gasteiger partial charge in [0, 0.05) is 25.7 Å². The Bertz CT molecular complexity index is 1890. The highest BCUT2D eigenvalue weighted by molar-refractivity contribution is 7.47. The second-order valence-electron chi connectivity index (χ2n) is 29.5. The lowest BCUT2D eigenvalue weighted by molar-refractivity contribution is -0.161. The van der Waals surface area contributed by atoms with E-state index in [0.29, 0.717) is 31.6 Å². The van der Waals surface area contributed by atoms with Crippen LogP contribution in [-0.2, 0) is 65.4 Å². The van der Waals surface area contributed by atoms with E-state index in [-0.39, 0.29) is 25.7 Å². The largest absolute Gasteiger partial charge is 0.472 e. The molecule has 0 aliphatic heterocycles. The van der Waals surface area contributed by atoms with Crippen LogP contribution in [-0.4, -0.2) is 96.7 Å². The summed E-state index contributed by atoms with van der Waals surface area (Å²) < 4.78 is 68.5. The summed E-state index contributed by atoms with van der Waals surface area (Å²) >= 11 is 0. The van der Waals surface area contributed by atoms with E-state index in [1.54, 1.807) is 0 Å². The van der Waals surface area contributed by atoms with Gasteiger partial charge in [-0.1, -0.05) is 350 Å². The average Bonchev–Trinajstić information content (AvgIpc) is 1.39. The minimum absolute atomic E-state index is 0.103. The summed E-state index contributed by atoms with van der Waals surface area (Å²) in [6.07, 6.45) is 55.8. The van der Waals surface area contributed by atoms with Crippen LogP contribution in [0.5, 0.6) is 0 Å². The number of ether oxygens (including phenoxy) is 4. The average molecular weight is 1420 g/mol. The number of aliphatic hydroxyl groups is 1. The Hall–Kier alpha value is -1.94. The molecule has 576 valence electrons. The van der Waals surface area contributed by atoms with Gasteiger partial charge in [0.2, 0.25) is 0 Å². The minimum atomic E-state index is -4.96. The van der Waals surface area contributed by atoms with Crippen LogP contribution in [0.25, 0.3) is 0 Å². The van der Waals surface area contributed by atoms with Crippen LogP contribution in [0.1, 0.15) is 402 Å². The first kappa shape index (κ1) is 95.1. The molecule has 3 N–H and O–H groups in total. The van der Waals surface area contributed by atoms with Crippen molar-refractivity contribution in [3.8, 4) is 0 Å². The highest BCUT2D eigenvalue weighted by Gasteiger charge is 2.30. The molecular weight excluding hydrogens is 1270 g/mol. The molecule has 0 aliphatic carbocycles. The molecule has 0 aliphatic rings. The Morgan fingerprint density at radius 3 is 0.701 bits per heavy atom. The lowest BCUT2D eigenvalue weighted by Crippen LogP contribution is -2.30. The molecule has 0 aromatic carbocycles. The molecule has 0 aromatic heterocycles. The highest BCUT2D eigenvalue weighted by Crippen LogP contribution is 2.45. The summed E-state index contributed by atoms with van der Waals surface area (Å²) in [7, 11) is -9.91. The van der Waals surface area contributed by atoms with E-state index >= 15 is 0 Å². The first-order valence-electron chi connectivity index (χ1n) is 40.3. The first-order valence-corrected chi connectivity index (χ1v) is 43.3. The first-order chi connectivity index (χ1) is 46.7. The fourth-order valence-electron chi connectivity index (χ4n) is 12.0. The summed E-state index contributed by atoms with van der Waals surface area (Å²) in [5.41, 5.74) is 0. The number of hydrogen-bond donors (Lipinski definition) is 3. The number of phosphoric ester groups is 2. The molecule has 2 unspecified atom stereocenters. The molecule has 0 spiro atoms. The van der Waals surface area contributed by atoms with Crippen LogP contribution in [0.2, 0.25) is 0 Å². The lowest BCUT2D eigenvalue weighted by Gasteiger charge is -2.21. The van der Waals surface area contributed by atoms with Crippen molar-refractivity contribution in [3.05, 3.63) is 0 Å². The van der Waals surface area contributed by atoms with E-state index < -0.39 is 97.5 Å². The normalized spacial score (nSPS) is 14.0. The topological polar surface area (TPSA) is 237 Å². The highest BCUT2D eigenvalue weighted by atomic mass is 31.2. The second kappa shape index (κ2) is 68.5. The number of aliphatic hydroxyl groups excluding tert-OH is 1. The maximum Gasteiger partial charge on any atom is 0.472 e. The van der Waals surface area contributed by atoms with E-state index in [1.165, 1.54) is 205 Å². The van der Waals surface area contributed by atoms with Gasteiger partial charge in [-0.2, -0.15) is 0 Å². The Morgan fingerprint density at radius 1 is 0.278 bits per heavy atom. The van der Waals surface area contributed by atoms with Crippen molar-refractivity contribution in [1.82, 2.24) is 0 Å². The molecule has 0 saturated heterocycles. The number of carbonyl (C=O) groups is 4. The van der Waals surface area contributed by atoms with Crippen LogP contribution >= 0.6 is 15.6 Å². The van der Waals surface area contributed by atoms with Crippen molar-refractivity contribution < 1.29 is 80.2 Å². The number of rotatable bonds is 76. The van der Waals surface area contributed by atoms with Crippen LogP contribution < -0.4 is 0 Å². The summed E-state index contributed by atoms with van der Waals surface area (Å²) in [5.74, 6) is 0.202. The standard InChI is InChI=1S/C78H152O17P2/c1-8-9-10-11-12-38-45-52-59-75(80)88-65-74(95-78(83)62-55-48-41-34-37-44-51-58-71(6)7)68-93-97(86,87)91-64-72(79)63-90-96(84,85)92-67-73(66-89-76(81)60-53-46-39-32-28-24-21-17-19-23-27-31-36-43-50-57-70(4)5)94-77(82)61-54-47-40-33-29-25-20-16-14-13-15-18-22-26-30-35-42-49-56-69(2)3/h69-74,79H,8-68H2,1-7H3,(H,84,85)(H,86,87)/t72-,73-,74-/m1/s1. The number of hydrogen-bond acceptors (Lipinski definition) is 15. The molecule has 17 nitrogen and oxygen atoms in total. The van der Waals surface area contributed by atoms with Gasteiger partial charge in [0.25, 0.3) is 0 Å². The van der Waals surface area contributed by atoms with E-state index in [2.05, 4.69) is 48.5 Å². The van der Waals surface area contributed by atoms with Gasteiger partial charge in [0.1, 0.15) is 19.3 Å². The number of carbonyl (C=O) groups excluding carboxylic acids is 4. The number of unbranched alkanes of at least 4 members (excludes halogenated alkanes) is 44. The third-order valence-electron chi connectivity index (χ3n) is 18.1. The third kappa shape index (κ3) is 72.2. The zero-order valence-corrected chi connectivity index (χ0v) is 65.3. The predicted molar refractivity (Wildman–Crippen MR) is 395 cm³/mol. The smallest absolute Gasteiger partial charge is 0.462 e. The zero-order chi connectivity index (χ0) is 71.6. The molecule has 0 bridgehead atoms. The molecule has 0 saturated carbocycles. The quantitative estimate of drug-likeness (QED) is 0.0222. The molecule has 0 heterocycles. The van der Waals surface area contributed by atoms with Crippen molar-refractivity contribution in [2.75, 3.05) is 39.6 Å². The van der Waals surface area contributed by atoms with Crippen LogP contribution in [0.4, 0.5) is 0 Å². The monoisotopic (exact) mass is 1420 g/mol. The van der Waals surface area contributed by atoms with Gasteiger partial charge in [-0.25, -0.2) is 9.13 Å².